The Morgan fingerprint density at radius 1 is 1.50 bits per heavy atom. The molecule has 0 bridgehead atoms. The lowest BCUT2D eigenvalue weighted by Gasteiger charge is -2.22. The summed E-state index contributed by atoms with van der Waals surface area (Å²) < 4.78 is 0. The van der Waals surface area contributed by atoms with E-state index in [0.717, 1.165) is 17.7 Å². The molecule has 1 aliphatic rings. The van der Waals surface area contributed by atoms with Gasteiger partial charge in [0.1, 0.15) is 5.54 Å². The van der Waals surface area contributed by atoms with Crippen LogP contribution < -0.4 is 5.32 Å². The molecule has 1 aromatic carbocycles. The molecule has 1 fully saturated rings. The van der Waals surface area contributed by atoms with Crippen molar-refractivity contribution in [1.29, 1.82) is 5.26 Å². The predicted octanol–water partition coefficient (Wildman–Crippen LogP) is 3.20. The number of rotatable bonds is 5. The molecule has 1 aliphatic carbocycles. The Kier molecular flexibility index (Phi) is 4.39. The maximum absolute atomic E-state index is 12.0. The highest BCUT2D eigenvalue weighted by molar-refractivity contribution is 8.00. The number of nitriles is 1. The lowest BCUT2D eigenvalue weighted by molar-refractivity contribution is -0.119. The van der Waals surface area contributed by atoms with Gasteiger partial charge in [-0.2, -0.15) is 5.26 Å². The third kappa shape index (κ3) is 3.55. The Morgan fingerprint density at radius 3 is 2.75 bits per heavy atom. The molecule has 0 aliphatic heterocycles. The number of carbonyl (C=O) groups excluding carboxylic acids is 1. The molecule has 1 saturated carbocycles. The summed E-state index contributed by atoms with van der Waals surface area (Å²) in [6, 6.07) is 8.46. The molecule has 0 radical (unpaired) electrons. The molecule has 1 amide bonds. The minimum atomic E-state index is -0.694. The van der Waals surface area contributed by atoms with Gasteiger partial charge in [0, 0.05) is 4.90 Å². The fourth-order valence-corrected chi connectivity index (χ4v) is 3.12. The predicted molar refractivity (Wildman–Crippen MR) is 81.5 cm³/mol. The fourth-order valence-electron chi connectivity index (χ4n) is 2.31. The molecule has 20 heavy (non-hydrogen) atoms. The van der Waals surface area contributed by atoms with E-state index in [2.05, 4.69) is 37.4 Å². The first-order valence-corrected chi connectivity index (χ1v) is 7.85. The normalized spacial score (nSPS) is 17.1. The molecule has 1 N–H and O–H groups in total. The summed E-state index contributed by atoms with van der Waals surface area (Å²) in [4.78, 5) is 13.1. The van der Waals surface area contributed by atoms with Crippen molar-refractivity contribution in [2.45, 2.75) is 44.0 Å². The Labute approximate surface area is 124 Å². The molecule has 2 rings (SSSR count). The molecule has 0 aromatic heterocycles. The van der Waals surface area contributed by atoms with Crippen LogP contribution in [0.1, 0.15) is 30.9 Å². The summed E-state index contributed by atoms with van der Waals surface area (Å²) in [5.74, 6) is 0.613. The van der Waals surface area contributed by atoms with Crippen molar-refractivity contribution in [2.24, 2.45) is 5.92 Å². The van der Waals surface area contributed by atoms with Crippen LogP contribution in [-0.4, -0.2) is 17.2 Å². The van der Waals surface area contributed by atoms with Crippen molar-refractivity contribution in [2.75, 3.05) is 5.75 Å². The van der Waals surface area contributed by atoms with E-state index in [1.54, 1.807) is 0 Å². The van der Waals surface area contributed by atoms with Crippen LogP contribution in [0.3, 0.4) is 0 Å². The lowest BCUT2D eigenvalue weighted by Crippen LogP contribution is -2.47. The molecule has 1 unspecified atom stereocenters. The van der Waals surface area contributed by atoms with Crippen LogP contribution in [0.2, 0.25) is 0 Å². The first kappa shape index (κ1) is 14.9. The standard InChI is InChI=1S/C16H20N2OS/c1-11-4-7-14(12(2)8-11)20-9-15(19)18-16(3,10-17)13-5-6-13/h4,7-8,13H,5-6,9H2,1-3H3,(H,18,19). The van der Waals surface area contributed by atoms with Gasteiger partial charge in [-0.05, 0) is 51.2 Å². The molecule has 1 aromatic rings. The zero-order valence-electron chi connectivity index (χ0n) is 12.2. The number of hydrogen-bond donors (Lipinski definition) is 1. The zero-order chi connectivity index (χ0) is 14.8. The summed E-state index contributed by atoms with van der Waals surface area (Å²) in [6.07, 6.45) is 2.07. The van der Waals surface area contributed by atoms with Gasteiger partial charge in [-0.15, -0.1) is 11.8 Å². The average molecular weight is 288 g/mol. The number of hydrogen-bond acceptors (Lipinski definition) is 3. The molecule has 0 saturated heterocycles. The number of amides is 1. The monoisotopic (exact) mass is 288 g/mol. The number of nitrogens with one attached hydrogen (secondary N) is 1. The van der Waals surface area contributed by atoms with Crippen LogP contribution in [0.25, 0.3) is 0 Å². The highest BCUT2D eigenvalue weighted by Crippen LogP contribution is 2.39. The Balaban J connectivity index is 1.90. The van der Waals surface area contributed by atoms with Gasteiger partial charge in [0.05, 0.1) is 11.8 Å². The van der Waals surface area contributed by atoms with E-state index in [4.69, 9.17) is 0 Å². The van der Waals surface area contributed by atoms with Gasteiger partial charge in [-0.1, -0.05) is 17.7 Å². The third-order valence-corrected chi connectivity index (χ3v) is 4.89. The van der Waals surface area contributed by atoms with Crippen LogP contribution in [0.5, 0.6) is 0 Å². The molecule has 1 atom stereocenters. The van der Waals surface area contributed by atoms with E-state index in [1.807, 2.05) is 13.0 Å². The summed E-state index contributed by atoms with van der Waals surface area (Å²) in [6.45, 7) is 5.93. The van der Waals surface area contributed by atoms with Crippen LogP contribution in [0.15, 0.2) is 23.1 Å². The largest absolute Gasteiger partial charge is 0.337 e. The first-order chi connectivity index (χ1) is 9.44. The zero-order valence-corrected chi connectivity index (χ0v) is 13.0. The van der Waals surface area contributed by atoms with Gasteiger partial charge in [0.2, 0.25) is 5.91 Å². The lowest BCUT2D eigenvalue weighted by atomic mass is 9.98. The second kappa shape index (κ2) is 5.88. The number of benzene rings is 1. The minimum Gasteiger partial charge on any atom is -0.337 e. The topological polar surface area (TPSA) is 52.9 Å². The summed E-state index contributed by atoms with van der Waals surface area (Å²) >= 11 is 1.53. The van der Waals surface area contributed by atoms with Gasteiger partial charge in [-0.25, -0.2) is 0 Å². The van der Waals surface area contributed by atoms with Crippen LogP contribution in [0.4, 0.5) is 0 Å². The summed E-state index contributed by atoms with van der Waals surface area (Å²) in [5, 5.41) is 12.1. The second-order valence-electron chi connectivity index (χ2n) is 5.69. The molecular formula is C16H20N2OS. The third-order valence-electron chi connectivity index (χ3n) is 3.71. The van der Waals surface area contributed by atoms with E-state index >= 15 is 0 Å². The molecule has 3 nitrogen and oxygen atoms in total. The average Bonchev–Trinajstić information content (AvgIpc) is 3.22. The van der Waals surface area contributed by atoms with E-state index in [0.29, 0.717) is 11.7 Å². The summed E-state index contributed by atoms with van der Waals surface area (Å²) in [5.41, 5.74) is 1.72. The van der Waals surface area contributed by atoms with Crippen molar-refractivity contribution in [3.63, 3.8) is 0 Å². The minimum absolute atomic E-state index is 0.0640. The van der Waals surface area contributed by atoms with E-state index in [1.165, 1.54) is 22.9 Å². The van der Waals surface area contributed by atoms with Crippen LogP contribution in [-0.2, 0) is 4.79 Å². The highest BCUT2D eigenvalue weighted by atomic mass is 32.2. The number of nitrogens with zero attached hydrogens (tertiary/aromatic N) is 1. The maximum Gasteiger partial charge on any atom is 0.231 e. The fraction of sp³-hybridized carbons (Fsp3) is 0.500. The number of carbonyl (C=O) groups is 1. The molecule has 0 heterocycles. The van der Waals surface area contributed by atoms with E-state index < -0.39 is 5.54 Å². The van der Waals surface area contributed by atoms with Gasteiger partial charge in [-0.3, -0.25) is 4.79 Å². The van der Waals surface area contributed by atoms with Crippen molar-refractivity contribution < 1.29 is 4.79 Å². The molecule has 4 heteroatoms. The van der Waals surface area contributed by atoms with Gasteiger partial charge >= 0.3 is 0 Å². The second-order valence-corrected chi connectivity index (χ2v) is 6.71. The highest BCUT2D eigenvalue weighted by Gasteiger charge is 2.42. The van der Waals surface area contributed by atoms with Crippen molar-refractivity contribution >= 4 is 17.7 Å². The van der Waals surface area contributed by atoms with Crippen LogP contribution >= 0.6 is 11.8 Å². The van der Waals surface area contributed by atoms with Crippen molar-refractivity contribution in [1.82, 2.24) is 5.32 Å². The van der Waals surface area contributed by atoms with Crippen molar-refractivity contribution in [3.8, 4) is 6.07 Å². The Bertz CT molecular complexity index is 560. The molecule has 106 valence electrons. The molecular weight excluding hydrogens is 268 g/mol. The number of aryl methyl sites for hydroxylation is 2. The quantitative estimate of drug-likeness (QED) is 0.846. The Morgan fingerprint density at radius 2 is 2.20 bits per heavy atom. The van der Waals surface area contributed by atoms with Gasteiger partial charge in [0.15, 0.2) is 0 Å². The SMILES string of the molecule is Cc1ccc(SCC(=O)NC(C)(C#N)C2CC2)c(C)c1. The Hall–Kier alpha value is -1.47. The van der Waals surface area contributed by atoms with Gasteiger partial charge < -0.3 is 5.32 Å². The van der Waals surface area contributed by atoms with Crippen molar-refractivity contribution in [3.05, 3.63) is 29.3 Å². The summed E-state index contributed by atoms with van der Waals surface area (Å²) in [7, 11) is 0. The van der Waals surface area contributed by atoms with Crippen LogP contribution in [0, 0.1) is 31.1 Å². The maximum atomic E-state index is 12.0. The smallest absolute Gasteiger partial charge is 0.231 e. The van der Waals surface area contributed by atoms with Gasteiger partial charge in [0.25, 0.3) is 0 Å². The van der Waals surface area contributed by atoms with E-state index in [9.17, 15) is 10.1 Å². The first-order valence-electron chi connectivity index (χ1n) is 6.87. The molecule has 0 spiro atoms. The van der Waals surface area contributed by atoms with E-state index in [-0.39, 0.29) is 5.91 Å². The number of thioether (sulfide) groups is 1.